The molecule has 2 rings (SSSR count). The molecule has 2 N–H and O–H groups in total. The maximum absolute atomic E-state index is 11.7. The van der Waals surface area contributed by atoms with Crippen LogP contribution in [0.2, 0.25) is 0 Å². The summed E-state index contributed by atoms with van der Waals surface area (Å²) >= 11 is 0. The van der Waals surface area contributed by atoms with Crippen molar-refractivity contribution in [2.45, 2.75) is 26.7 Å². The van der Waals surface area contributed by atoms with Crippen molar-refractivity contribution in [2.75, 3.05) is 0 Å². The second-order valence-corrected chi connectivity index (χ2v) is 4.62. The highest BCUT2D eigenvalue weighted by atomic mass is 16.2. The van der Waals surface area contributed by atoms with Gasteiger partial charge in [-0.25, -0.2) is 5.43 Å². The summed E-state index contributed by atoms with van der Waals surface area (Å²) in [6.07, 6.45) is 2.69. The molecule has 0 atom stereocenters. The van der Waals surface area contributed by atoms with Crippen LogP contribution >= 0.6 is 0 Å². The Kier molecular flexibility index (Phi) is 4.65. The molecule has 1 heterocycles. The molecule has 1 aromatic carbocycles. The van der Waals surface area contributed by atoms with Crippen molar-refractivity contribution in [2.24, 2.45) is 5.10 Å². The van der Waals surface area contributed by atoms with E-state index in [-0.39, 0.29) is 5.91 Å². The lowest BCUT2D eigenvalue weighted by Crippen LogP contribution is -2.18. The molecule has 2 aromatic rings. The normalized spacial score (nSPS) is 10.9. The maximum atomic E-state index is 11.7. The lowest BCUT2D eigenvalue weighted by molar-refractivity contribution is -0.121. The summed E-state index contributed by atoms with van der Waals surface area (Å²) in [5.41, 5.74) is 6.55. The molecule has 0 radical (unpaired) electrons. The lowest BCUT2D eigenvalue weighted by atomic mass is 10.1. The number of nitrogens with one attached hydrogen (secondary N) is 2. The van der Waals surface area contributed by atoms with Crippen LogP contribution in [0.15, 0.2) is 35.4 Å². The number of amides is 1. The molecule has 1 amide bonds. The summed E-state index contributed by atoms with van der Waals surface area (Å²) in [6.45, 7) is 3.89. The van der Waals surface area contributed by atoms with Crippen molar-refractivity contribution in [1.29, 1.82) is 0 Å². The van der Waals surface area contributed by atoms with Crippen LogP contribution in [0.3, 0.4) is 0 Å². The summed E-state index contributed by atoms with van der Waals surface area (Å²) in [6, 6.07) is 9.63. The van der Waals surface area contributed by atoms with Crippen molar-refractivity contribution in [3.8, 4) is 0 Å². The molecule has 0 bridgehead atoms. The van der Waals surface area contributed by atoms with Gasteiger partial charge in [-0.3, -0.25) is 9.89 Å². The molecule has 0 unspecified atom stereocenters. The predicted molar refractivity (Wildman–Crippen MR) is 78.6 cm³/mol. The number of aromatic amines is 1. The zero-order valence-corrected chi connectivity index (χ0v) is 11.7. The number of carbonyl (C=O) groups is 1. The first-order valence-corrected chi connectivity index (χ1v) is 6.54. The zero-order chi connectivity index (χ0) is 14.4. The summed E-state index contributed by atoms with van der Waals surface area (Å²) in [4.78, 5) is 11.7. The molecule has 0 saturated heterocycles. The second-order valence-electron chi connectivity index (χ2n) is 4.62. The van der Waals surface area contributed by atoms with Gasteiger partial charge in [-0.05, 0) is 31.4 Å². The van der Waals surface area contributed by atoms with Gasteiger partial charge in [0.1, 0.15) is 0 Å². The molecule has 0 saturated carbocycles. The van der Waals surface area contributed by atoms with Gasteiger partial charge in [-0.15, -0.1) is 0 Å². The molecule has 0 aliphatic rings. The van der Waals surface area contributed by atoms with Crippen LogP contribution in [0.1, 0.15) is 28.9 Å². The fourth-order valence-electron chi connectivity index (χ4n) is 1.95. The molecule has 0 fully saturated rings. The van der Waals surface area contributed by atoms with E-state index >= 15 is 0 Å². The molecule has 0 aliphatic carbocycles. The highest BCUT2D eigenvalue weighted by Gasteiger charge is 2.08. The number of rotatable bonds is 5. The van der Waals surface area contributed by atoms with E-state index in [1.54, 1.807) is 6.21 Å². The van der Waals surface area contributed by atoms with Crippen LogP contribution in [0, 0.1) is 13.8 Å². The maximum Gasteiger partial charge on any atom is 0.240 e. The van der Waals surface area contributed by atoms with Crippen LogP contribution in [-0.2, 0) is 11.2 Å². The lowest BCUT2D eigenvalue weighted by Gasteiger charge is -2.01. The quantitative estimate of drug-likeness (QED) is 0.645. The number of hydrogen-bond donors (Lipinski definition) is 2. The number of hydrogen-bond acceptors (Lipinski definition) is 3. The molecule has 5 nitrogen and oxygen atoms in total. The molecule has 20 heavy (non-hydrogen) atoms. The van der Waals surface area contributed by atoms with Gasteiger partial charge in [0.15, 0.2) is 0 Å². The van der Waals surface area contributed by atoms with Gasteiger partial charge < -0.3 is 0 Å². The van der Waals surface area contributed by atoms with E-state index in [9.17, 15) is 4.79 Å². The number of carbonyl (C=O) groups excluding carboxylic acids is 1. The summed E-state index contributed by atoms with van der Waals surface area (Å²) in [5.74, 6) is -0.0998. The van der Waals surface area contributed by atoms with Gasteiger partial charge in [-0.1, -0.05) is 30.3 Å². The number of hydrazone groups is 1. The fourth-order valence-corrected chi connectivity index (χ4v) is 1.95. The Morgan fingerprint density at radius 1 is 1.35 bits per heavy atom. The molecule has 0 spiro atoms. The van der Waals surface area contributed by atoms with E-state index < -0.39 is 0 Å². The van der Waals surface area contributed by atoms with Crippen molar-refractivity contribution < 1.29 is 4.79 Å². The minimum absolute atomic E-state index is 0.0998. The summed E-state index contributed by atoms with van der Waals surface area (Å²) < 4.78 is 0. The van der Waals surface area contributed by atoms with Gasteiger partial charge in [0, 0.05) is 12.1 Å². The van der Waals surface area contributed by atoms with E-state index in [1.807, 2.05) is 44.2 Å². The van der Waals surface area contributed by atoms with Gasteiger partial charge in [0.2, 0.25) is 5.91 Å². The predicted octanol–water partition coefficient (Wildman–Crippen LogP) is 2.11. The third-order valence-electron chi connectivity index (χ3n) is 3.09. The minimum atomic E-state index is -0.0998. The number of aryl methyl sites for hydroxylation is 2. The standard InChI is InChI=1S/C15H18N4O/c1-11-14(12(2)18-17-11)8-9-15(20)19-16-10-13-6-4-3-5-7-13/h3-7,10H,8-9H2,1-2H3,(H,17,18)(H,19,20)/b16-10+. The van der Waals surface area contributed by atoms with Gasteiger partial charge in [0.05, 0.1) is 11.9 Å². The van der Waals surface area contributed by atoms with Gasteiger partial charge in [-0.2, -0.15) is 10.2 Å². The monoisotopic (exact) mass is 270 g/mol. The van der Waals surface area contributed by atoms with Crippen molar-refractivity contribution in [3.63, 3.8) is 0 Å². The van der Waals surface area contributed by atoms with Crippen LogP contribution in [-0.4, -0.2) is 22.3 Å². The van der Waals surface area contributed by atoms with Gasteiger partial charge in [0.25, 0.3) is 0 Å². The molecule has 5 heteroatoms. The number of benzene rings is 1. The number of H-pyrrole nitrogens is 1. The highest BCUT2D eigenvalue weighted by Crippen LogP contribution is 2.11. The number of nitrogens with zero attached hydrogens (tertiary/aromatic N) is 2. The van der Waals surface area contributed by atoms with E-state index in [1.165, 1.54) is 0 Å². The second kappa shape index (κ2) is 6.65. The van der Waals surface area contributed by atoms with Crippen LogP contribution in [0.25, 0.3) is 0 Å². The highest BCUT2D eigenvalue weighted by molar-refractivity contribution is 5.82. The Morgan fingerprint density at radius 3 is 2.75 bits per heavy atom. The average Bonchev–Trinajstić information content (AvgIpc) is 2.77. The Balaban J connectivity index is 1.80. The van der Waals surface area contributed by atoms with Crippen LogP contribution in [0.5, 0.6) is 0 Å². The van der Waals surface area contributed by atoms with E-state index in [2.05, 4.69) is 20.7 Å². The van der Waals surface area contributed by atoms with Gasteiger partial charge >= 0.3 is 0 Å². The number of aromatic nitrogens is 2. The topological polar surface area (TPSA) is 70.1 Å². The largest absolute Gasteiger partial charge is 0.282 e. The van der Waals surface area contributed by atoms with Crippen molar-refractivity contribution >= 4 is 12.1 Å². The first-order valence-electron chi connectivity index (χ1n) is 6.54. The Labute approximate surface area is 118 Å². The molecular weight excluding hydrogens is 252 g/mol. The summed E-state index contributed by atoms with van der Waals surface area (Å²) in [7, 11) is 0. The SMILES string of the molecule is Cc1n[nH]c(C)c1CCC(=O)N/N=C/c1ccccc1. The third kappa shape index (κ3) is 3.78. The molecule has 0 aliphatic heterocycles. The van der Waals surface area contributed by atoms with E-state index in [0.717, 1.165) is 22.5 Å². The first kappa shape index (κ1) is 14.0. The van der Waals surface area contributed by atoms with E-state index in [0.29, 0.717) is 12.8 Å². The van der Waals surface area contributed by atoms with Crippen molar-refractivity contribution in [3.05, 3.63) is 52.8 Å². The third-order valence-corrected chi connectivity index (χ3v) is 3.09. The Bertz CT molecular complexity index is 582. The molecular formula is C15H18N4O. The smallest absolute Gasteiger partial charge is 0.240 e. The average molecular weight is 270 g/mol. The van der Waals surface area contributed by atoms with Crippen LogP contribution < -0.4 is 5.43 Å². The van der Waals surface area contributed by atoms with Crippen LogP contribution in [0.4, 0.5) is 0 Å². The fraction of sp³-hybridized carbons (Fsp3) is 0.267. The van der Waals surface area contributed by atoms with Crippen molar-refractivity contribution in [1.82, 2.24) is 15.6 Å². The molecule has 104 valence electrons. The minimum Gasteiger partial charge on any atom is -0.282 e. The molecule has 1 aromatic heterocycles. The zero-order valence-electron chi connectivity index (χ0n) is 11.7. The Morgan fingerprint density at radius 2 is 2.10 bits per heavy atom. The Hall–Kier alpha value is -2.43. The first-order chi connectivity index (χ1) is 9.66. The summed E-state index contributed by atoms with van der Waals surface area (Å²) in [5, 5.41) is 11.0. The van der Waals surface area contributed by atoms with E-state index in [4.69, 9.17) is 0 Å².